The highest BCUT2D eigenvalue weighted by atomic mass is 35.5. The van der Waals surface area contributed by atoms with E-state index in [0.717, 1.165) is 6.20 Å². The Hall–Kier alpha value is -4.00. The van der Waals surface area contributed by atoms with E-state index in [4.69, 9.17) is 20.8 Å². The number of fused-ring (bicyclic) bond motifs is 1. The maximum absolute atomic E-state index is 14.6. The van der Waals surface area contributed by atoms with E-state index < -0.39 is 15.7 Å². The highest BCUT2D eigenvalue weighted by Gasteiger charge is 2.17. The minimum Gasteiger partial charge on any atom is -0.487 e. The van der Waals surface area contributed by atoms with Crippen molar-refractivity contribution in [1.82, 2.24) is 20.3 Å². The molecule has 13 heteroatoms. The summed E-state index contributed by atoms with van der Waals surface area (Å²) in [5.41, 5.74) is 1.62. The van der Waals surface area contributed by atoms with Gasteiger partial charge in [-0.1, -0.05) is 23.7 Å². The third-order valence-electron chi connectivity index (χ3n) is 5.80. The first-order chi connectivity index (χ1) is 19.1. The van der Waals surface area contributed by atoms with E-state index in [9.17, 15) is 17.2 Å². The molecule has 0 saturated carbocycles. The number of anilines is 2. The fraction of sp³-hybridized carbons (Fsp3) is 0.185. The van der Waals surface area contributed by atoms with Crippen LogP contribution in [0.3, 0.4) is 0 Å². The number of ether oxygens (including phenoxy) is 1. The van der Waals surface area contributed by atoms with Crippen molar-refractivity contribution in [2.45, 2.75) is 13.2 Å². The van der Waals surface area contributed by atoms with Crippen LogP contribution in [0.1, 0.15) is 11.3 Å². The van der Waals surface area contributed by atoms with Crippen LogP contribution in [0.15, 0.2) is 65.2 Å². The lowest BCUT2D eigenvalue weighted by Crippen LogP contribution is -2.21. The Bertz CT molecular complexity index is 1770. The maximum Gasteiger partial charge on any atom is 0.174 e. The Morgan fingerprint density at radius 1 is 1.12 bits per heavy atom. The molecule has 208 valence electrons. The first-order valence-electron chi connectivity index (χ1n) is 12.1. The van der Waals surface area contributed by atoms with Gasteiger partial charge in [0.05, 0.1) is 23.5 Å². The minimum absolute atomic E-state index is 0.0159. The van der Waals surface area contributed by atoms with Gasteiger partial charge in [-0.15, -0.1) is 0 Å². The van der Waals surface area contributed by atoms with Gasteiger partial charge in [0.25, 0.3) is 0 Å². The number of hydrogen-bond acceptors (Lipinski definition) is 8. The number of hydrogen-bond donors (Lipinski definition) is 3. The van der Waals surface area contributed by atoms with Crippen LogP contribution in [0.25, 0.3) is 22.6 Å². The Morgan fingerprint density at radius 2 is 1.98 bits per heavy atom. The molecule has 40 heavy (non-hydrogen) atoms. The van der Waals surface area contributed by atoms with Gasteiger partial charge in [-0.25, -0.2) is 27.2 Å². The number of sulfone groups is 1. The first kappa shape index (κ1) is 27.6. The number of nitrogens with one attached hydrogen (secondary N) is 3. The van der Waals surface area contributed by atoms with Gasteiger partial charge in [0, 0.05) is 18.5 Å². The first-order valence-corrected chi connectivity index (χ1v) is 14.5. The van der Waals surface area contributed by atoms with Crippen LogP contribution in [-0.2, 0) is 23.0 Å². The van der Waals surface area contributed by atoms with Crippen molar-refractivity contribution in [1.29, 1.82) is 0 Å². The van der Waals surface area contributed by atoms with Crippen molar-refractivity contribution in [3.8, 4) is 17.3 Å². The summed E-state index contributed by atoms with van der Waals surface area (Å²) in [6.07, 6.45) is 2.24. The molecule has 0 bridgehead atoms. The second-order valence-electron chi connectivity index (χ2n) is 9.03. The highest BCUT2D eigenvalue weighted by molar-refractivity contribution is 7.90. The molecular formula is C27H24ClF2N5O4S. The predicted molar refractivity (Wildman–Crippen MR) is 148 cm³/mol. The van der Waals surface area contributed by atoms with Crippen molar-refractivity contribution in [2.75, 3.05) is 23.9 Å². The number of nitrogens with zero attached hydrogens (tertiary/aromatic N) is 2. The molecular weight excluding hydrogens is 564 g/mol. The Balaban J connectivity index is 1.30. The number of furan rings is 1. The normalized spacial score (nSPS) is 11.7. The van der Waals surface area contributed by atoms with E-state index in [-0.39, 0.29) is 30.2 Å². The van der Waals surface area contributed by atoms with Gasteiger partial charge in [-0.2, -0.15) is 0 Å². The van der Waals surface area contributed by atoms with Crippen LogP contribution in [0.5, 0.6) is 5.75 Å². The SMILES string of the molecule is CS(=O)(=O)CCNCc1ccc(-c2nc3c(F)cnc(Nc4ccc(OCc5cccc(F)c5)c(Cl)c4)c3[nH]2)o1. The monoisotopic (exact) mass is 587 g/mol. The molecule has 9 nitrogen and oxygen atoms in total. The zero-order chi connectivity index (χ0) is 28.3. The highest BCUT2D eigenvalue weighted by Crippen LogP contribution is 2.32. The number of pyridine rings is 1. The third-order valence-corrected chi connectivity index (χ3v) is 7.04. The van der Waals surface area contributed by atoms with Crippen LogP contribution in [-0.4, -0.2) is 41.9 Å². The van der Waals surface area contributed by atoms with Crippen molar-refractivity contribution in [3.63, 3.8) is 0 Å². The third kappa shape index (κ3) is 6.76. The summed E-state index contributed by atoms with van der Waals surface area (Å²) in [6.45, 7) is 0.753. The van der Waals surface area contributed by atoms with E-state index in [0.29, 0.717) is 57.2 Å². The Labute approximate surface area is 233 Å². The Kier molecular flexibility index (Phi) is 8.01. The number of aromatic nitrogens is 3. The van der Waals surface area contributed by atoms with Gasteiger partial charge in [0.15, 0.2) is 23.2 Å². The summed E-state index contributed by atoms with van der Waals surface area (Å²) < 4.78 is 62.0. The van der Waals surface area contributed by atoms with E-state index >= 15 is 0 Å². The molecule has 0 aliphatic heterocycles. The fourth-order valence-electron chi connectivity index (χ4n) is 3.87. The fourth-order valence-corrected chi connectivity index (χ4v) is 4.62. The van der Waals surface area contributed by atoms with Crippen LogP contribution in [0.2, 0.25) is 5.02 Å². The molecule has 0 aliphatic rings. The van der Waals surface area contributed by atoms with E-state index in [1.165, 1.54) is 18.4 Å². The second-order valence-corrected chi connectivity index (χ2v) is 11.7. The van der Waals surface area contributed by atoms with Crippen molar-refractivity contribution < 1.29 is 26.4 Å². The molecule has 0 amide bonds. The molecule has 0 radical (unpaired) electrons. The largest absolute Gasteiger partial charge is 0.487 e. The number of imidazole rings is 1. The molecule has 5 aromatic rings. The van der Waals surface area contributed by atoms with Gasteiger partial charge in [-0.05, 0) is 48.0 Å². The van der Waals surface area contributed by atoms with Crippen molar-refractivity contribution >= 4 is 44.0 Å². The van der Waals surface area contributed by atoms with Gasteiger partial charge in [0.2, 0.25) is 0 Å². The lowest BCUT2D eigenvalue weighted by Gasteiger charge is -2.11. The van der Waals surface area contributed by atoms with Gasteiger partial charge < -0.3 is 24.8 Å². The smallest absolute Gasteiger partial charge is 0.174 e. The van der Waals surface area contributed by atoms with Gasteiger partial charge in [0.1, 0.15) is 44.8 Å². The molecule has 0 aliphatic carbocycles. The summed E-state index contributed by atoms with van der Waals surface area (Å²) in [5.74, 6) is 1.02. The maximum atomic E-state index is 14.6. The summed E-state index contributed by atoms with van der Waals surface area (Å²) >= 11 is 6.40. The molecule has 5 rings (SSSR count). The standard InChI is InChI=1S/C27H24ClF2N5O4S/c1-40(36,37)10-9-31-13-19-6-8-23(39-19)26-34-24-21(30)14-32-27(25(24)35-26)33-18-5-7-22(20(28)12-18)38-15-16-3-2-4-17(29)11-16/h2-8,11-12,14,31H,9-10,13,15H2,1H3,(H,32,33)(H,34,35). The van der Waals surface area contributed by atoms with Crippen LogP contribution >= 0.6 is 11.6 Å². The zero-order valence-electron chi connectivity index (χ0n) is 21.2. The summed E-state index contributed by atoms with van der Waals surface area (Å²) in [6, 6.07) is 14.5. The molecule has 3 heterocycles. The zero-order valence-corrected chi connectivity index (χ0v) is 22.7. The molecule has 0 atom stereocenters. The van der Waals surface area contributed by atoms with Crippen LogP contribution < -0.4 is 15.4 Å². The minimum atomic E-state index is -3.06. The summed E-state index contributed by atoms with van der Waals surface area (Å²) in [4.78, 5) is 11.6. The number of rotatable bonds is 11. The molecule has 3 aromatic heterocycles. The molecule has 0 fully saturated rings. The number of H-pyrrole nitrogens is 1. The topological polar surface area (TPSA) is 122 Å². The molecule has 0 saturated heterocycles. The molecule has 0 unspecified atom stereocenters. The lowest BCUT2D eigenvalue weighted by molar-refractivity contribution is 0.306. The summed E-state index contributed by atoms with van der Waals surface area (Å²) in [7, 11) is -3.06. The van der Waals surface area contributed by atoms with Crippen molar-refractivity contribution in [3.05, 3.63) is 88.8 Å². The Morgan fingerprint density at radius 3 is 2.75 bits per heavy atom. The number of benzene rings is 2. The van der Waals surface area contributed by atoms with Crippen LogP contribution in [0.4, 0.5) is 20.3 Å². The van der Waals surface area contributed by atoms with E-state index in [2.05, 4.69) is 25.6 Å². The second kappa shape index (κ2) is 11.6. The summed E-state index contributed by atoms with van der Waals surface area (Å²) in [5, 5.41) is 6.43. The molecule has 0 spiro atoms. The van der Waals surface area contributed by atoms with Gasteiger partial charge in [-0.3, -0.25) is 0 Å². The number of halogens is 3. The quantitative estimate of drug-likeness (QED) is 0.171. The predicted octanol–water partition coefficient (Wildman–Crippen LogP) is 5.61. The average Bonchev–Trinajstić information content (AvgIpc) is 3.56. The van der Waals surface area contributed by atoms with E-state index in [1.54, 1.807) is 42.5 Å². The average molecular weight is 588 g/mol. The van der Waals surface area contributed by atoms with E-state index in [1.807, 2.05) is 0 Å². The molecule has 3 N–H and O–H groups in total. The van der Waals surface area contributed by atoms with Crippen molar-refractivity contribution in [2.24, 2.45) is 0 Å². The number of aromatic amines is 1. The lowest BCUT2D eigenvalue weighted by atomic mass is 10.2. The van der Waals surface area contributed by atoms with Crippen LogP contribution in [0, 0.1) is 11.6 Å². The van der Waals surface area contributed by atoms with Gasteiger partial charge >= 0.3 is 0 Å². The molecule has 2 aromatic carbocycles.